The van der Waals surface area contributed by atoms with Gasteiger partial charge in [-0.05, 0) is 35.4 Å². The van der Waals surface area contributed by atoms with Crippen LogP contribution >= 0.6 is 0 Å². The number of hydrogen-bond donors (Lipinski definition) is 1. The van der Waals surface area contributed by atoms with E-state index in [2.05, 4.69) is 5.32 Å². The Hall–Kier alpha value is -2.93. The van der Waals surface area contributed by atoms with Gasteiger partial charge in [-0.3, -0.25) is 4.79 Å². The molecule has 2 rings (SSSR count). The first-order chi connectivity index (χ1) is 10.2. The maximum Gasteiger partial charge on any atom is 0.238 e. The second-order valence-corrected chi connectivity index (χ2v) is 4.39. The Morgan fingerprint density at radius 2 is 1.57 bits per heavy atom. The van der Waals surface area contributed by atoms with Gasteiger partial charge in [-0.25, -0.2) is 4.39 Å². The minimum absolute atomic E-state index is 0.160. The standard InChI is InChI=1S/C17H13FN2O/c18-15-7-3-13(4-8-15)1-2-14-5-9-16(10-6-14)20-17(21)11-12-19/h1-10H,11H2,(H,20,21)/b2-1+. The summed E-state index contributed by atoms with van der Waals surface area (Å²) < 4.78 is 12.8. The third-order valence-electron chi connectivity index (χ3n) is 2.77. The summed E-state index contributed by atoms with van der Waals surface area (Å²) in [4.78, 5) is 11.3. The lowest BCUT2D eigenvalue weighted by atomic mass is 10.1. The van der Waals surface area contributed by atoms with E-state index in [1.54, 1.807) is 30.3 Å². The average molecular weight is 280 g/mol. The van der Waals surface area contributed by atoms with Gasteiger partial charge in [0.2, 0.25) is 5.91 Å². The largest absolute Gasteiger partial charge is 0.325 e. The van der Waals surface area contributed by atoms with Crippen molar-refractivity contribution < 1.29 is 9.18 Å². The minimum atomic E-state index is -0.327. The highest BCUT2D eigenvalue weighted by Gasteiger charge is 2.00. The number of amides is 1. The number of halogens is 1. The van der Waals surface area contributed by atoms with Crippen molar-refractivity contribution in [3.05, 3.63) is 65.5 Å². The number of benzene rings is 2. The molecule has 0 saturated carbocycles. The Balaban J connectivity index is 2.00. The molecule has 0 atom stereocenters. The number of nitrogens with zero attached hydrogens (tertiary/aromatic N) is 1. The van der Waals surface area contributed by atoms with Gasteiger partial charge in [-0.1, -0.05) is 36.4 Å². The van der Waals surface area contributed by atoms with Crippen molar-refractivity contribution in [3.63, 3.8) is 0 Å². The summed E-state index contributed by atoms with van der Waals surface area (Å²) in [5.74, 6) is -0.586. The summed E-state index contributed by atoms with van der Waals surface area (Å²) in [7, 11) is 0. The highest BCUT2D eigenvalue weighted by atomic mass is 19.1. The molecule has 3 nitrogen and oxygen atoms in total. The van der Waals surface area contributed by atoms with Crippen molar-refractivity contribution in [2.24, 2.45) is 0 Å². The van der Waals surface area contributed by atoms with Gasteiger partial charge in [0.05, 0.1) is 6.07 Å². The molecule has 0 saturated heterocycles. The first-order valence-corrected chi connectivity index (χ1v) is 6.38. The van der Waals surface area contributed by atoms with E-state index in [1.165, 1.54) is 12.1 Å². The van der Waals surface area contributed by atoms with Crippen LogP contribution in [0.25, 0.3) is 12.2 Å². The second-order valence-electron chi connectivity index (χ2n) is 4.39. The maximum absolute atomic E-state index is 12.8. The topological polar surface area (TPSA) is 52.9 Å². The molecule has 0 unspecified atom stereocenters. The van der Waals surface area contributed by atoms with Crippen LogP contribution < -0.4 is 5.32 Å². The zero-order valence-corrected chi connectivity index (χ0v) is 11.2. The van der Waals surface area contributed by atoms with Crippen LogP contribution in [0.1, 0.15) is 17.5 Å². The van der Waals surface area contributed by atoms with Gasteiger partial charge in [0.15, 0.2) is 0 Å². The normalized spacial score (nSPS) is 10.3. The molecule has 1 N–H and O–H groups in total. The van der Waals surface area contributed by atoms with Crippen molar-refractivity contribution in [2.75, 3.05) is 5.32 Å². The Morgan fingerprint density at radius 1 is 1.05 bits per heavy atom. The van der Waals surface area contributed by atoms with Gasteiger partial charge < -0.3 is 5.32 Å². The van der Waals surface area contributed by atoms with Crippen molar-refractivity contribution in [2.45, 2.75) is 6.42 Å². The highest BCUT2D eigenvalue weighted by Crippen LogP contribution is 2.13. The summed E-state index contributed by atoms with van der Waals surface area (Å²) in [6.45, 7) is 0. The third-order valence-corrected chi connectivity index (χ3v) is 2.77. The molecular weight excluding hydrogens is 267 g/mol. The van der Waals surface area contributed by atoms with Gasteiger partial charge in [0.25, 0.3) is 0 Å². The fourth-order valence-corrected chi connectivity index (χ4v) is 1.72. The van der Waals surface area contributed by atoms with Gasteiger partial charge in [0, 0.05) is 5.69 Å². The van der Waals surface area contributed by atoms with Crippen molar-refractivity contribution in [3.8, 4) is 6.07 Å². The summed E-state index contributed by atoms with van der Waals surface area (Å²) >= 11 is 0. The van der Waals surface area contributed by atoms with Crippen molar-refractivity contribution >= 4 is 23.7 Å². The lowest BCUT2D eigenvalue weighted by Crippen LogP contribution is -2.09. The van der Waals surface area contributed by atoms with Crippen LogP contribution in [0, 0.1) is 17.1 Å². The summed E-state index contributed by atoms with van der Waals surface area (Å²) in [6, 6.07) is 15.2. The molecule has 104 valence electrons. The van der Waals surface area contributed by atoms with Gasteiger partial charge in [-0.15, -0.1) is 0 Å². The van der Waals surface area contributed by atoms with Crippen LogP contribution in [0.15, 0.2) is 48.5 Å². The summed E-state index contributed by atoms with van der Waals surface area (Å²) in [5, 5.41) is 11.0. The first kappa shape index (κ1) is 14.5. The van der Waals surface area contributed by atoms with E-state index in [1.807, 2.05) is 24.3 Å². The predicted molar refractivity (Wildman–Crippen MR) is 80.6 cm³/mol. The summed E-state index contributed by atoms with van der Waals surface area (Å²) in [6.07, 6.45) is 3.61. The molecule has 0 fully saturated rings. The maximum atomic E-state index is 12.8. The zero-order chi connectivity index (χ0) is 15.1. The van der Waals surface area contributed by atoms with Crippen LogP contribution in [0.5, 0.6) is 0 Å². The monoisotopic (exact) mass is 280 g/mol. The third kappa shape index (κ3) is 4.59. The Labute approximate surface area is 122 Å². The molecule has 2 aromatic rings. The smallest absolute Gasteiger partial charge is 0.238 e. The highest BCUT2D eigenvalue weighted by molar-refractivity contribution is 5.92. The number of hydrogen-bond acceptors (Lipinski definition) is 2. The summed E-state index contributed by atoms with van der Waals surface area (Å²) in [5.41, 5.74) is 2.51. The number of rotatable bonds is 4. The molecule has 0 aliphatic rings. The Bertz CT molecular complexity index is 682. The molecule has 0 aliphatic heterocycles. The van der Waals surface area contributed by atoms with Crippen LogP contribution in [0.4, 0.5) is 10.1 Å². The molecule has 0 spiro atoms. The molecule has 0 radical (unpaired) electrons. The van der Waals surface area contributed by atoms with Gasteiger partial charge in [0.1, 0.15) is 12.2 Å². The lowest BCUT2D eigenvalue weighted by Gasteiger charge is -2.02. The minimum Gasteiger partial charge on any atom is -0.325 e. The van der Waals surface area contributed by atoms with E-state index in [4.69, 9.17) is 5.26 Å². The number of nitriles is 1. The Kier molecular flexibility index (Phi) is 4.84. The molecule has 21 heavy (non-hydrogen) atoms. The average Bonchev–Trinajstić information content (AvgIpc) is 2.48. The van der Waals surface area contributed by atoms with E-state index in [0.29, 0.717) is 5.69 Å². The lowest BCUT2D eigenvalue weighted by molar-refractivity contribution is -0.115. The Morgan fingerprint density at radius 3 is 2.10 bits per heavy atom. The van der Waals surface area contributed by atoms with E-state index in [9.17, 15) is 9.18 Å². The molecule has 2 aromatic carbocycles. The number of carbonyl (C=O) groups excluding carboxylic acids is 1. The van der Waals surface area contributed by atoms with Crippen molar-refractivity contribution in [1.82, 2.24) is 0 Å². The van der Waals surface area contributed by atoms with Gasteiger partial charge in [-0.2, -0.15) is 5.26 Å². The van der Waals surface area contributed by atoms with Crippen LogP contribution in [0.2, 0.25) is 0 Å². The number of carbonyl (C=O) groups is 1. The number of nitrogens with one attached hydrogen (secondary N) is 1. The molecule has 0 heterocycles. The molecule has 4 heteroatoms. The quantitative estimate of drug-likeness (QED) is 0.865. The molecular formula is C17H13FN2O. The fourth-order valence-electron chi connectivity index (χ4n) is 1.72. The van der Waals surface area contributed by atoms with Gasteiger partial charge >= 0.3 is 0 Å². The van der Waals surface area contributed by atoms with E-state index in [0.717, 1.165) is 11.1 Å². The van der Waals surface area contributed by atoms with Crippen molar-refractivity contribution in [1.29, 1.82) is 5.26 Å². The molecule has 0 aromatic heterocycles. The van der Waals surface area contributed by atoms with Crippen LogP contribution in [-0.4, -0.2) is 5.91 Å². The molecule has 1 amide bonds. The zero-order valence-electron chi connectivity index (χ0n) is 11.2. The first-order valence-electron chi connectivity index (χ1n) is 6.38. The number of anilines is 1. The van der Waals surface area contributed by atoms with Crippen LogP contribution in [0.3, 0.4) is 0 Å². The van der Waals surface area contributed by atoms with Crippen LogP contribution in [-0.2, 0) is 4.79 Å². The second kappa shape index (κ2) is 7.01. The van der Waals surface area contributed by atoms with E-state index >= 15 is 0 Å². The fraction of sp³-hybridized carbons (Fsp3) is 0.0588. The SMILES string of the molecule is N#CCC(=O)Nc1ccc(/C=C/c2ccc(F)cc2)cc1. The van der Waals surface area contributed by atoms with E-state index < -0.39 is 0 Å². The molecule has 0 aliphatic carbocycles. The predicted octanol–water partition coefficient (Wildman–Crippen LogP) is 3.85. The molecule has 0 bridgehead atoms. The van der Waals surface area contributed by atoms with E-state index in [-0.39, 0.29) is 18.1 Å².